The average Bonchev–Trinajstić information content (AvgIpc) is 2.72. The molecular weight excluding hydrogens is 298 g/mol. The smallest absolute Gasteiger partial charge is 0.293 e. The zero-order chi connectivity index (χ0) is 13.3. The molecule has 98 valence electrons. The molecule has 1 aromatic rings. The van der Waals surface area contributed by atoms with Gasteiger partial charge in [-0.1, -0.05) is 22.9 Å². The second kappa shape index (κ2) is 4.85. The highest BCUT2D eigenvalue weighted by atomic mass is 79.9. The molecule has 6 heteroatoms. The van der Waals surface area contributed by atoms with Crippen LogP contribution in [0.5, 0.6) is 0 Å². The van der Waals surface area contributed by atoms with Crippen LogP contribution in [0.2, 0.25) is 0 Å². The number of nitro benzene ring substituents is 1. The van der Waals surface area contributed by atoms with E-state index in [-0.39, 0.29) is 16.0 Å². The third kappa shape index (κ3) is 2.49. The standard InChI is InChI=1S/C12H16BrN3O2/c1-12(7-14)4-5-15(8-12)10-3-2-9(13)6-11(10)16(17)18/h2-3,6H,4-5,7-8,14H2,1H3. The minimum atomic E-state index is -0.335. The first-order valence-corrected chi connectivity index (χ1v) is 6.63. The molecule has 1 aliphatic rings. The molecule has 2 N–H and O–H groups in total. The van der Waals surface area contributed by atoms with Crippen molar-refractivity contribution in [2.24, 2.45) is 11.1 Å². The summed E-state index contributed by atoms with van der Waals surface area (Å²) in [6.07, 6.45) is 0.969. The van der Waals surface area contributed by atoms with E-state index in [0.29, 0.717) is 12.2 Å². The van der Waals surface area contributed by atoms with Crippen molar-refractivity contribution in [3.63, 3.8) is 0 Å². The molecule has 0 radical (unpaired) electrons. The molecule has 1 saturated heterocycles. The normalized spacial score (nSPS) is 23.4. The predicted molar refractivity (Wildman–Crippen MR) is 74.8 cm³/mol. The van der Waals surface area contributed by atoms with E-state index in [9.17, 15) is 10.1 Å². The van der Waals surface area contributed by atoms with Crippen LogP contribution in [0, 0.1) is 15.5 Å². The first kappa shape index (κ1) is 13.3. The van der Waals surface area contributed by atoms with Crippen LogP contribution in [0.1, 0.15) is 13.3 Å². The molecule has 5 nitrogen and oxygen atoms in total. The topological polar surface area (TPSA) is 72.4 Å². The van der Waals surface area contributed by atoms with Gasteiger partial charge >= 0.3 is 0 Å². The maximum Gasteiger partial charge on any atom is 0.293 e. The van der Waals surface area contributed by atoms with Gasteiger partial charge < -0.3 is 10.6 Å². The number of hydrogen-bond donors (Lipinski definition) is 1. The van der Waals surface area contributed by atoms with Crippen LogP contribution in [-0.4, -0.2) is 24.6 Å². The van der Waals surface area contributed by atoms with Gasteiger partial charge in [-0.25, -0.2) is 0 Å². The summed E-state index contributed by atoms with van der Waals surface area (Å²) >= 11 is 3.27. The van der Waals surface area contributed by atoms with Gasteiger partial charge in [0.15, 0.2) is 0 Å². The Hall–Kier alpha value is -1.14. The number of nitrogens with zero attached hydrogens (tertiary/aromatic N) is 2. The van der Waals surface area contributed by atoms with E-state index in [1.807, 2.05) is 6.07 Å². The third-order valence-corrected chi connectivity index (χ3v) is 4.02. The van der Waals surface area contributed by atoms with Crippen LogP contribution in [-0.2, 0) is 0 Å². The summed E-state index contributed by atoms with van der Waals surface area (Å²) in [5.41, 5.74) is 6.64. The molecule has 0 aliphatic carbocycles. The Morgan fingerprint density at radius 3 is 2.89 bits per heavy atom. The van der Waals surface area contributed by atoms with Gasteiger partial charge in [-0.2, -0.15) is 0 Å². The molecule has 1 atom stereocenters. The fraction of sp³-hybridized carbons (Fsp3) is 0.500. The van der Waals surface area contributed by atoms with E-state index in [1.165, 1.54) is 0 Å². The van der Waals surface area contributed by atoms with E-state index in [0.717, 1.165) is 24.0 Å². The van der Waals surface area contributed by atoms with Crippen molar-refractivity contribution < 1.29 is 4.92 Å². The zero-order valence-electron chi connectivity index (χ0n) is 10.2. The minimum Gasteiger partial charge on any atom is -0.365 e. The number of hydrogen-bond acceptors (Lipinski definition) is 4. The Bertz CT molecular complexity index is 480. The van der Waals surface area contributed by atoms with E-state index < -0.39 is 0 Å². The summed E-state index contributed by atoms with van der Waals surface area (Å²) in [6.45, 7) is 4.31. The first-order valence-electron chi connectivity index (χ1n) is 5.84. The minimum absolute atomic E-state index is 0.0565. The van der Waals surface area contributed by atoms with Gasteiger partial charge in [-0.15, -0.1) is 0 Å². The summed E-state index contributed by atoms with van der Waals surface area (Å²) in [4.78, 5) is 12.8. The van der Waals surface area contributed by atoms with Gasteiger partial charge in [0.2, 0.25) is 0 Å². The largest absolute Gasteiger partial charge is 0.365 e. The molecule has 0 spiro atoms. The van der Waals surface area contributed by atoms with Crippen molar-refractivity contribution >= 4 is 27.3 Å². The molecular formula is C12H16BrN3O2. The van der Waals surface area contributed by atoms with Crippen LogP contribution in [0.15, 0.2) is 22.7 Å². The van der Waals surface area contributed by atoms with Gasteiger partial charge in [0.25, 0.3) is 5.69 Å². The molecule has 0 saturated carbocycles. The molecule has 1 heterocycles. The number of benzene rings is 1. The lowest BCUT2D eigenvalue weighted by Gasteiger charge is -2.23. The molecule has 1 unspecified atom stereocenters. The summed E-state index contributed by atoms with van der Waals surface area (Å²) in [5.74, 6) is 0. The molecule has 2 rings (SSSR count). The molecule has 0 aromatic heterocycles. The Morgan fingerprint density at radius 2 is 2.33 bits per heavy atom. The van der Waals surface area contributed by atoms with Gasteiger partial charge in [0, 0.05) is 23.6 Å². The highest BCUT2D eigenvalue weighted by Gasteiger charge is 2.34. The maximum atomic E-state index is 11.1. The Balaban J connectivity index is 2.32. The number of rotatable bonds is 3. The number of nitro groups is 1. The van der Waals surface area contributed by atoms with Crippen LogP contribution in [0.25, 0.3) is 0 Å². The van der Waals surface area contributed by atoms with Crippen molar-refractivity contribution in [1.82, 2.24) is 0 Å². The van der Waals surface area contributed by atoms with Crippen LogP contribution in [0.4, 0.5) is 11.4 Å². The lowest BCUT2D eigenvalue weighted by molar-refractivity contribution is -0.384. The molecule has 0 amide bonds. The molecule has 1 fully saturated rings. The molecule has 1 aromatic carbocycles. The quantitative estimate of drug-likeness (QED) is 0.687. The van der Waals surface area contributed by atoms with Crippen molar-refractivity contribution in [3.8, 4) is 0 Å². The predicted octanol–water partition coefficient (Wildman–Crippen LogP) is 2.53. The van der Waals surface area contributed by atoms with Gasteiger partial charge in [0.1, 0.15) is 5.69 Å². The lowest BCUT2D eigenvalue weighted by atomic mass is 9.90. The Kier molecular flexibility index (Phi) is 3.59. The van der Waals surface area contributed by atoms with Crippen molar-refractivity contribution in [1.29, 1.82) is 0 Å². The summed E-state index contributed by atoms with van der Waals surface area (Å²) in [5, 5.41) is 11.1. The van der Waals surface area contributed by atoms with E-state index in [2.05, 4.69) is 27.8 Å². The van der Waals surface area contributed by atoms with Crippen molar-refractivity contribution in [2.75, 3.05) is 24.5 Å². The molecule has 0 bridgehead atoms. The van der Waals surface area contributed by atoms with Crippen LogP contribution < -0.4 is 10.6 Å². The van der Waals surface area contributed by atoms with Gasteiger partial charge in [-0.05, 0) is 30.5 Å². The maximum absolute atomic E-state index is 11.1. The number of nitrogens with two attached hydrogens (primary N) is 1. The summed E-state index contributed by atoms with van der Waals surface area (Å²) < 4.78 is 0.721. The Morgan fingerprint density at radius 1 is 1.61 bits per heavy atom. The van der Waals surface area contributed by atoms with E-state index in [4.69, 9.17) is 5.73 Å². The number of anilines is 1. The number of halogens is 1. The second-order valence-corrected chi connectivity index (χ2v) is 5.99. The fourth-order valence-electron chi connectivity index (χ4n) is 2.31. The monoisotopic (exact) mass is 313 g/mol. The summed E-state index contributed by atoms with van der Waals surface area (Å²) in [7, 11) is 0. The van der Waals surface area contributed by atoms with Crippen LogP contribution >= 0.6 is 15.9 Å². The lowest BCUT2D eigenvalue weighted by Crippen LogP contribution is -2.31. The van der Waals surface area contributed by atoms with Gasteiger partial charge in [-0.3, -0.25) is 10.1 Å². The fourth-order valence-corrected chi connectivity index (χ4v) is 2.66. The Labute approximate surface area is 114 Å². The molecule has 1 aliphatic heterocycles. The third-order valence-electron chi connectivity index (χ3n) is 3.53. The zero-order valence-corrected chi connectivity index (χ0v) is 11.8. The van der Waals surface area contributed by atoms with Crippen molar-refractivity contribution in [3.05, 3.63) is 32.8 Å². The highest BCUT2D eigenvalue weighted by molar-refractivity contribution is 9.10. The van der Waals surface area contributed by atoms with E-state index >= 15 is 0 Å². The van der Waals surface area contributed by atoms with Crippen LogP contribution in [0.3, 0.4) is 0 Å². The van der Waals surface area contributed by atoms with E-state index in [1.54, 1.807) is 12.1 Å². The summed E-state index contributed by atoms with van der Waals surface area (Å²) in [6, 6.07) is 5.18. The van der Waals surface area contributed by atoms with Gasteiger partial charge in [0.05, 0.1) is 4.92 Å². The highest BCUT2D eigenvalue weighted by Crippen LogP contribution is 2.37. The second-order valence-electron chi connectivity index (χ2n) is 5.08. The average molecular weight is 314 g/mol. The van der Waals surface area contributed by atoms with Crippen molar-refractivity contribution in [2.45, 2.75) is 13.3 Å². The first-order chi connectivity index (χ1) is 8.45. The molecule has 18 heavy (non-hydrogen) atoms. The SMILES string of the molecule is CC1(CN)CCN(c2ccc(Br)cc2[N+](=O)[O-])C1.